The minimum Gasteiger partial charge on any atom is -0.493 e. The van der Waals surface area contributed by atoms with Crippen LogP contribution in [0.4, 0.5) is 0 Å². The molecule has 1 amide bonds. The smallest absolute Gasteiger partial charge is 0.338 e. The number of rotatable bonds is 10. The summed E-state index contributed by atoms with van der Waals surface area (Å²) in [5.41, 5.74) is 2.41. The van der Waals surface area contributed by atoms with E-state index in [9.17, 15) is 9.59 Å². The van der Waals surface area contributed by atoms with E-state index in [2.05, 4.69) is 0 Å². The van der Waals surface area contributed by atoms with Crippen molar-refractivity contribution < 1.29 is 33.3 Å². The quantitative estimate of drug-likeness (QED) is 0.331. The van der Waals surface area contributed by atoms with E-state index < -0.39 is 12.0 Å². The summed E-state index contributed by atoms with van der Waals surface area (Å²) in [5.74, 6) is 1.76. The molecule has 0 saturated heterocycles. The summed E-state index contributed by atoms with van der Waals surface area (Å²) in [6.45, 7) is 2.61. The normalized spacial score (nSPS) is 14.3. The number of hydrogen-bond donors (Lipinski definition) is 0. The van der Waals surface area contributed by atoms with Gasteiger partial charge < -0.3 is 28.6 Å². The number of methoxy groups -OCH3 is 2. The van der Waals surface area contributed by atoms with Crippen LogP contribution in [0.2, 0.25) is 5.02 Å². The molecule has 200 valence electrons. The van der Waals surface area contributed by atoms with Gasteiger partial charge in [0.05, 0.1) is 32.4 Å². The van der Waals surface area contributed by atoms with Crippen LogP contribution in [0, 0.1) is 0 Å². The Balaban J connectivity index is 1.55. The van der Waals surface area contributed by atoms with Crippen molar-refractivity contribution in [3.63, 3.8) is 0 Å². The Labute approximate surface area is 227 Å². The van der Waals surface area contributed by atoms with Gasteiger partial charge in [-0.25, -0.2) is 4.79 Å². The van der Waals surface area contributed by atoms with Crippen molar-refractivity contribution in [1.29, 1.82) is 0 Å². The number of ether oxygens (including phenoxy) is 5. The van der Waals surface area contributed by atoms with Crippen molar-refractivity contribution in [2.45, 2.75) is 19.4 Å². The molecule has 0 aliphatic carbocycles. The van der Waals surface area contributed by atoms with Gasteiger partial charge in [-0.05, 0) is 85.1 Å². The number of benzene rings is 3. The van der Waals surface area contributed by atoms with Gasteiger partial charge in [-0.2, -0.15) is 0 Å². The van der Waals surface area contributed by atoms with Crippen LogP contribution in [0.25, 0.3) is 0 Å². The molecule has 1 unspecified atom stereocenters. The van der Waals surface area contributed by atoms with Crippen LogP contribution < -0.4 is 18.9 Å². The maximum absolute atomic E-state index is 13.3. The molecule has 0 spiro atoms. The molecule has 8 nitrogen and oxygen atoms in total. The van der Waals surface area contributed by atoms with E-state index >= 15 is 0 Å². The highest BCUT2D eigenvalue weighted by Gasteiger charge is 2.33. The van der Waals surface area contributed by atoms with Crippen molar-refractivity contribution >= 4 is 23.5 Å². The summed E-state index contributed by atoms with van der Waals surface area (Å²) in [7, 11) is 3.17. The first-order valence-corrected chi connectivity index (χ1v) is 12.6. The summed E-state index contributed by atoms with van der Waals surface area (Å²) in [5, 5.41) is 0.591. The monoisotopic (exact) mass is 539 g/mol. The van der Waals surface area contributed by atoms with E-state index in [-0.39, 0.29) is 19.1 Å². The number of amides is 1. The number of hydrogen-bond acceptors (Lipinski definition) is 7. The van der Waals surface area contributed by atoms with Crippen molar-refractivity contribution in [3.8, 4) is 23.0 Å². The Morgan fingerprint density at radius 2 is 1.55 bits per heavy atom. The van der Waals surface area contributed by atoms with E-state index in [0.29, 0.717) is 53.2 Å². The summed E-state index contributed by atoms with van der Waals surface area (Å²) in [6, 6.07) is 17.0. The molecule has 3 aromatic rings. The van der Waals surface area contributed by atoms with Gasteiger partial charge in [0.1, 0.15) is 18.1 Å². The maximum atomic E-state index is 13.3. The fraction of sp³-hybridized carbons (Fsp3) is 0.310. The average molecular weight is 540 g/mol. The molecule has 4 rings (SSSR count). The number of esters is 1. The lowest BCUT2D eigenvalue weighted by atomic mass is 9.92. The SMILES string of the molecule is CCOC(=O)c1ccc(OCC2c3cc(OC)c(OC)cc3CCN2C(=O)COc2ccc(Cl)cc2)cc1. The lowest BCUT2D eigenvalue weighted by molar-refractivity contribution is -0.137. The van der Waals surface area contributed by atoms with E-state index in [4.69, 9.17) is 35.3 Å². The van der Waals surface area contributed by atoms with Gasteiger partial charge in [0, 0.05) is 11.6 Å². The largest absolute Gasteiger partial charge is 0.493 e. The zero-order valence-corrected chi connectivity index (χ0v) is 22.3. The molecule has 0 bridgehead atoms. The first-order chi connectivity index (χ1) is 18.4. The molecule has 0 aromatic heterocycles. The second-order valence-corrected chi connectivity index (χ2v) is 8.99. The number of halogens is 1. The fourth-order valence-electron chi connectivity index (χ4n) is 4.34. The Morgan fingerprint density at radius 3 is 2.21 bits per heavy atom. The minimum atomic E-state index is -0.399. The fourth-order valence-corrected chi connectivity index (χ4v) is 4.47. The third-order valence-electron chi connectivity index (χ3n) is 6.27. The van der Waals surface area contributed by atoms with E-state index in [0.717, 1.165) is 11.1 Å². The van der Waals surface area contributed by atoms with Crippen LogP contribution in [0.15, 0.2) is 60.7 Å². The summed E-state index contributed by atoms with van der Waals surface area (Å²) >= 11 is 5.95. The summed E-state index contributed by atoms with van der Waals surface area (Å²) < 4.78 is 27.9. The highest BCUT2D eigenvalue weighted by atomic mass is 35.5. The molecule has 1 aliphatic rings. The number of nitrogens with zero attached hydrogens (tertiary/aromatic N) is 1. The second kappa shape index (κ2) is 12.6. The molecule has 1 aliphatic heterocycles. The predicted octanol–water partition coefficient (Wildman–Crippen LogP) is 5.12. The van der Waals surface area contributed by atoms with Gasteiger partial charge in [0.2, 0.25) is 0 Å². The van der Waals surface area contributed by atoms with Crippen LogP contribution in [-0.4, -0.2) is 57.4 Å². The number of carbonyl (C=O) groups is 2. The Bertz CT molecular complexity index is 1260. The first-order valence-electron chi connectivity index (χ1n) is 12.3. The van der Waals surface area contributed by atoms with Crippen LogP contribution in [-0.2, 0) is 16.0 Å². The molecule has 0 N–H and O–H groups in total. The molecule has 9 heteroatoms. The molecule has 3 aromatic carbocycles. The topological polar surface area (TPSA) is 83.5 Å². The predicted molar refractivity (Wildman–Crippen MR) is 143 cm³/mol. The van der Waals surface area contributed by atoms with Crippen LogP contribution in [0.3, 0.4) is 0 Å². The molecule has 1 atom stereocenters. The van der Waals surface area contributed by atoms with Gasteiger partial charge in [0.15, 0.2) is 18.1 Å². The first kappa shape index (κ1) is 27.1. The summed E-state index contributed by atoms with van der Waals surface area (Å²) in [6.07, 6.45) is 0.646. The van der Waals surface area contributed by atoms with Crippen LogP contribution >= 0.6 is 11.6 Å². The van der Waals surface area contributed by atoms with Gasteiger partial charge in [-0.3, -0.25) is 4.79 Å². The molecule has 1 heterocycles. The second-order valence-electron chi connectivity index (χ2n) is 8.56. The van der Waals surface area contributed by atoms with Gasteiger partial charge in [-0.15, -0.1) is 0 Å². The van der Waals surface area contributed by atoms with Crippen molar-refractivity contribution in [3.05, 3.63) is 82.4 Å². The van der Waals surface area contributed by atoms with Gasteiger partial charge in [-0.1, -0.05) is 11.6 Å². The molecule has 0 saturated carbocycles. The van der Waals surface area contributed by atoms with Crippen LogP contribution in [0.5, 0.6) is 23.0 Å². The molecule has 38 heavy (non-hydrogen) atoms. The third-order valence-corrected chi connectivity index (χ3v) is 6.52. The highest BCUT2D eigenvalue weighted by Crippen LogP contribution is 2.38. The maximum Gasteiger partial charge on any atom is 0.338 e. The van der Waals surface area contributed by atoms with E-state index in [1.54, 1.807) is 74.6 Å². The van der Waals surface area contributed by atoms with Gasteiger partial charge in [0.25, 0.3) is 5.91 Å². The third kappa shape index (κ3) is 6.31. The molecular weight excluding hydrogens is 510 g/mol. The Kier molecular flexibility index (Phi) is 8.97. The standard InChI is InChI=1S/C29H30ClNO7/c1-4-36-29(33)19-5-9-22(10-6-19)37-17-25-24-16-27(35-3)26(34-2)15-20(24)13-14-31(25)28(32)18-38-23-11-7-21(30)8-12-23/h5-12,15-16,25H,4,13-14,17-18H2,1-3H3. The number of fused-ring (bicyclic) bond motifs is 1. The molecular formula is C29H30ClNO7. The summed E-state index contributed by atoms with van der Waals surface area (Å²) in [4.78, 5) is 27.1. The lowest BCUT2D eigenvalue weighted by Crippen LogP contribution is -2.44. The van der Waals surface area contributed by atoms with Crippen molar-refractivity contribution in [2.24, 2.45) is 0 Å². The average Bonchev–Trinajstić information content (AvgIpc) is 2.94. The Hall–Kier alpha value is -3.91. The lowest BCUT2D eigenvalue weighted by Gasteiger charge is -2.37. The number of carbonyl (C=O) groups excluding carboxylic acids is 2. The van der Waals surface area contributed by atoms with Crippen molar-refractivity contribution in [1.82, 2.24) is 4.90 Å². The van der Waals surface area contributed by atoms with E-state index in [1.165, 1.54) is 0 Å². The minimum absolute atomic E-state index is 0.130. The van der Waals surface area contributed by atoms with Gasteiger partial charge >= 0.3 is 5.97 Å². The zero-order valence-electron chi connectivity index (χ0n) is 21.6. The molecule has 0 radical (unpaired) electrons. The molecule has 0 fully saturated rings. The highest BCUT2D eigenvalue weighted by molar-refractivity contribution is 6.30. The zero-order chi connectivity index (χ0) is 27.1. The van der Waals surface area contributed by atoms with Crippen LogP contribution in [0.1, 0.15) is 34.5 Å². The Morgan fingerprint density at radius 1 is 0.921 bits per heavy atom. The van der Waals surface area contributed by atoms with E-state index in [1.807, 2.05) is 12.1 Å². The van der Waals surface area contributed by atoms with Crippen molar-refractivity contribution in [2.75, 3.05) is 40.6 Å².